The molecule has 4 bridgehead atoms. The first-order chi connectivity index (χ1) is 17.6. The maximum Gasteiger partial charge on any atom is -0.0184 e. The van der Waals surface area contributed by atoms with Crippen LogP contribution >= 0.6 is 0 Å². The first-order valence-corrected chi connectivity index (χ1v) is 24.3. The summed E-state index contributed by atoms with van der Waals surface area (Å²) < 4.78 is 6.56. The number of nitrogens with one attached hydrogen (secondary N) is 1. The Balaban J connectivity index is 0.000000195. The van der Waals surface area contributed by atoms with Crippen molar-refractivity contribution >= 4 is 5.92 Å². The Morgan fingerprint density at radius 3 is 1.70 bits per heavy atom. The molecule has 4 saturated carbocycles. The van der Waals surface area contributed by atoms with Crippen LogP contribution in [0.3, 0.4) is 0 Å². The Labute approximate surface area is 235 Å². The first-order valence-electron chi connectivity index (χ1n) is 14.7. The Kier molecular flexibility index (Phi) is 8.09. The molecule has 1 N–H and O–H groups in total. The van der Waals surface area contributed by atoms with Gasteiger partial charge in [0.05, 0.1) is 0 Å². The van der Waals surface area contributed by atoms with Crippen LogP contribution < -0.4 is 3.26 Å². The van der Waals surface area contributed by atoms with Crippen LogP contribution in [0.15, 0.2) is 80.7 Å². The zero-order chi connectivity index (χ0) is 26.4. The van der Waals surface area contributed by atoms with Crippen molar-refractivity contribution in [2.24, 2.45) is 23.2 Å². The molecule has 3 heteroatoms. The second kappa shape index (κ2) is 10.9. The summed E-state index contributed by atoms with van der Waals surface area (Å²) in [5.41, 5.74) is 8.75. The predicted molar refractivity (Wildman–Crippen MR) is 160 cm³/mol. The van der Waals surface area contributed by atoms with Gasteiger partial charge in [-0.3, -0.25) is 0 Å². The zero-order valence-corrected chi connectivity index (χ0v) is 27.9. The van der Waals surface area contributed by atoms with Crippen LogP contribution in [0, 0.1) is 23.2 Å². The van der Waals surface area contributed by atoms with Gasteiger partial charge in [0.2, 0.25) is 0 Å². The molecule has 0 aliphatic heterocycles. The van der Waals surface area contributed by atoms with E-state index in [-0.39, 0.29) is 0 Å². The summed E-state index contributed by atoms with van der Waals surface area (Å²) in [5.74, 6) is 2.19. The maximum absolute atomic E-state index is 4.60. The van der Waals surface area contributed by atoms with Gasteiger partial charge in [0.25, 0.3) is 0 Å². The number of hydrogen-bond acceptors (Lipinski definition) is 1. The normalized spacial score (nSPS) is 32.2. The molecular weight excluding hydrogens is 542 g/mol. The van der Waals surface area contributed by atoms with Gasteiger partial charge in [0.1, 0.15) is 0 Å². The first kappa shape index (κ1) is 27.5. The molecule has 5 aliphatic rings. The van der Waals surface area contributed by atoms with Crippen LogP contribution in [-0.4, -0.2) is 11.5 Å². The second-order valence-corrected chi connectivity index (χ2v) is 31.8. The van der Waals surface area contributed by atoms with Crippen molar-refractivity contribution in [3.8, 4) is 11.1 Å². The quantitative estimate of drug-likeness (QED) is 0.343. The average Bonchev–Trinajstić information content (AvgIpc) is 3.05. The summed E-state index contributed by atoms with van der Waals surface area (Å²) in [6, 6.07) is 20.8. The van der Waals surface area contributed by atoms with Crippen molar-refractivity contribution in [3.05, 3.63) is 80.7 Å². The fourth-order valence-electron chi connectivity index (χ4n) is 8.74. The molecule has 0 heterocycles. The third-order valence-corrected chi connectivity index (χ3v) is 27.9. The van der Waals surface area contributed by atoms with Gasteiger partial charge >= 0.3 is 165 Å². The van der Waals surface area contributed by atoms with E-state index >= 15 is 0 Å². The molecule has 1 nitrogen and oxygen atoms in total. The van der Waals surface area contributed by atoms with E-state index < -0.39 is 27.1 Å². The Morgan fingerprint density at radius 2 is 1.30 bits per heavy atom. The summed E-state index contributed by atoms with van der Waals surface area (Å²) in [4.78, 5) is 0. The number of rotatable bonds is 5. The van der Waals surface area contributed by atoms with Gasteiger partial charge in [0.15, 0.2) is 0 Å². The summed E-state index contributed by atoms with van der Waals surface area (Å²) in [6.07, 6.45) is 9.12. The molecular formula is C34H48NSiZr. The van der Waals surface area contributed by atoms with Gasteiger partial charge in [-0.1, -0.05) is 60.7 Å². The van der Waals surface area contributed by atoms with E-state index in [4.69, 9.17) is 0 Å². The smallest absolute Gasteiger partial charge is 0.0184 e. The van der Waals surface area contributed by atoms with E-state index in [2.05, 4.69) is 99.5 Å². The Hall–Kier alpha value is -1.02. The van der Waals surface area contributed by atoms with Gasteiger partial charge in [0, 0.05) is 0 Å². The summed E-state index contributed by atoms with van der Waals surface area (Å²) in [6.45, 7) is 17.6. The monoisotopic (exact) mass is 588 g/mol. The molecule has 197 valence electrons. The standard InChI is InChI=1S/C12H10.C11H18N.C9H13.C2H7Si.Zr/c1-3-7-11(8-4-1)12-9-5-2-6-10-12;1-10-3-8-2-9(4-10)6-11(12,5-8)7-10;1-6-5-7(2)9(4)8(6)3;1-3-2;/h1-10H;8-9,12H,2-7H2,1H3;6H,1-4H3;3H,1-2H3;/q;-1;;;+1. The van der Waals surface area contributed by atoms with Crippen molar-refractivity contribution in [2.45, 2.75) is 91.8 Å². The molecule has 5 aliphatic carbocycles. The molecule has 7 rings (SSSR count). The molecule has 0 saturated heterocycles. The maximum atomic E-state index is 4.60. The fraction of sp³-hybridized carbons (Fsp3) is 0.529. The van der Waals surface area contributed by atoms with E-state index in [1.54, 1.807) is 23.1 Å². The zero-order valence-electron chi connectivity index (χ0n) is 24.3. The molecule has 2 aromatic rings. The molecule has 0 aromatic heterocycles. The second-order valence-electron chi connectivity index (χ2n) is 13.5. The number of allylic oxidation sites excluding steroid dienone is 4. The van der Waals surface area contributed by atoms with Crippen LogP contribution in [0.5, 0.6) is 0 Å². The minimum absolute atomic E-state index is 0.544. The topological polar surface area (TPSA) is 12.0 Å². The van der Waals surface area contributed by atoms with Crippen molar-refractivity contribution in [1.82, 2.24) is 3.26 Å². The van der Waals surface area contributed by atoms with Crippen LogP contribution in [0.1, 0.15) is 73.1 Å². The van der Waals surface area contributed by atoms with Gasteiger partial charge in [-0.15, -0.1) is 0 Å². The minimum Gasteiger partial charge on any atom is -0.0622 e. The minimum atomic E-state index is -1.72. The van der Waals surface area contributed by atoms with Gasteiger partial charge in [-0.05, 0) is 11.1 Å². The fourth-order valence-corrected chi connectivity index (χ4v) is 26.5. The van der Waals surface area contributed by atoms with Crippen LogP contribution in [0.4, 0.5) is 0 Å². The average molecular weight is 590 g/mol. The number of hydrogen-bond donors (Lipinski definition) is 1. The molecule has 3 unspecified atom stereocenters. The number of benzene rings is 2. The van der Waals surface area contributed by atoms with E-state index in [9.17, 15) is 0 Å². The molecule has 4 fully saturated rings. The Morgan fingerprint density at radius 1 is 0.784 bits per heavy atom. The van der Waals surface area contributed by atoms with E-state index in [0.717, 1.165) is 17.8 Å². The van der Waals surface area contributed by atoms with Crippen molar-refractivity contribution < 1.29 is 21.2 Å². The van der Waals surface area contributed by atoms with Crippen LogP contribution in [0.2, 0.25) is 13.1 Å². The largest absolute Gasteiger partial charge is 0.0622 e. The summed E-state index contributed by atoms with van der Waals surface area (Å²) >= 11 is -1.72. The van der Waals surface area contributed by atoms with E-state index in [1.165, 1.54) is 43.2 Å². The Bertz CT molecular complexity index is 1110. The molecule has 0 spiro atoms. The summed E-state index contributed by atoms with van der Waals surface area (Å²) in [7, 11) is 0. The predicted octanol–water partition coefficient (Wildman–Crippen LogP) is 9.07. The van der Waals surface area contributed by atoms with Crippen LogP contribution in [0.25, 0.3) is 11.1 Å². The van der Waals surface area contributed by atoms with Crippen molar-refractivity contribution in [2.75, 3.05) is 0 Å². The third-order valence-electron chi connectivity index (χ3n) is 10.1. The molecule has 0 amide bonds. The van der Waals surface area contributed by atoms with Crippen molar-refractivity contribution in [1.29, 1.82) is 0 Å². The molecule has 0 radical (unpaired) electrons. The molecule has 2 aromatic carbocycles. The third kappa shape index (κ3) is 5.66. The van der Waals surface area contributed by atoms with Gasteiger partial charge in [-0.2, -0.15) is 0 Å². The van der Waals surface area contributed by atoms with E-state index in [1.807, 2.05) is 15.4 Å². The molecule has 3 atom stereocenters. The van der Waals surface area contributed by atoms with Gasteiger partial charge in [-0.25, -0.2) is 0 Å². The summed E-state index contributed by atoms with van der Waals surface area (Å²) in [5, 5.41) is 0. The van der Waals surface area contributed by atoms with E-state index in [0.29, 0.717) is 11.0 Å². The SMILES string of the molecule is CC1=C(C)C(C)[C]([Zr]([NH]C23CC4CC(CC(C)(C4)C2)C3)[SiH](C)C)=C1C.c1ccc(-c2ccccc2)cc1. The molecule has 37 heavy (non-hydrogen) atoms. The van der Waals surface area contributed by atoms with Crippen molar-refractivity contribution in [3.63, 3.8) is 0 Å². The van der Waals surface area contributed by atoms with Gasteiger partial charge < -0.3 is 0 Å². The van der Waals surface area contributed by atoms with Crippen LogP contribution in [-0.2, 0) is 21.2 Å².